The van der Waals surface area contributed by atoms with Gasteiger partial charge in [0.1, 0.15) is 4.90 Å². The monoisotopic (exact) mass is 418 g/mol. The van der Waals surface area contributed by atoms with Gasteiger partial charge in [-0.3, -0.25) is 15.5 Å². The number of nitrogens with one attached hydrogen (secondary N) is 1. The van der Waals surface area contributed by atoms with E-state index in [4.69, 9.17) is 4.74 Å². The molecule has 10 heteroatoms. The topological polar surface area (TPSA) is 114 Å². The van der Waals surface area contributed by atoms with E-state index in [0.29, 0.717) is 0 Å². The summed E-state index contributed by atoms with van der Waals surface area (Å²) in [5.74, 6) is 0. The van der Waals surface area contributed by atoms with Gasteiger partial charge in [-0.05, 0) is 31.0 Å². The average molecular weight is 418 g/mol. The molecule has 29 heavy (non-hydrogen) atoms. The van der Waals surface area contributed by atoms with E-state index in [0.717, 1.165) is 22.8 Å². The van der Waals surface area contributed by atoms with Crippen LogP contribution in [-0.2, 0) is 14.8 Å². The van der Waals surface area contributed by atoms with Gasteiger partial charge in [0.25, 0.3) is 5.69 Å². The van der Waals surface area contributed by atoms with E-state index in [1.807, 2.05) is 32.0 Å². The van der Waals surface area contributed by atoms with Crippen LogP contribution in [0, 0.1) is 24.0 Å². The Kier molecular flexibility index (Phi) is 6.26. The molecule has 0 aromatic heterocycles. The number of hydrogen-bond acceptors (Lipinski definition) is 7. The second kappa shape index (κ2) is 8.68. The fourth-order valence-electron chi connectivity index (χ4n) is 3.00. The molecular formula is C19H22N4O5S. The number of ether oxygens (including phenoxy) is 1. The summed E-state index contributed by atoms with van der Waals surface area (Å²) in [7, 11) is -3.95. The van der Waals surface area contributed by atoms with E-state index < -0.39 is 14.9 Å². The Bertz CT molecular complexity index is 1050. The number of anilines is 1. The molecule has 0 saturated carbocycles. The highest BCUT2D eigenvalue weighted by Crippen LogP contribution is 2.29. The van der Waals surface area contributed by atoms with Gasteiger partial charge >= 0.3 is 0 Å². The lowest BCUT2D eigenvalue weighted by molar-refractivity contribution is -0.385. The third kappa shape index (κ3) is 4.78. The number of nitro benzene ring substituents is 1. The number of non-ortho nitro benzene ring substituents is 1. The minimum atomic E-state index is -3.95. The SMILES string of the molecule is Cc1ccc(C=NNc2ccc([N+](=O)[O-])cc2S(=O)(=O)N2CCOCC2)c(C)c1. The molecule has 0 unspecified atom stereocenters. The number of hydrogen-bond donors (Lipinski definition) is 1. The Hall–Kier alpha value is -2.82. The van der Waals surface area contributed by atoms with E-state index in [1.165, 1.54) is 16.4 Å². The predicted octanol–water partition coefficient (Wildman–Crippen LogP) is 2.68. The van der Waals surface area contributed by atoms with Crippen LogP contribution in [0.25, 0.3) is 0 Å². The first-order valence-electron chi connectivity index (χ1n) is 9.02. The Morgan fingerprint density at radius 1 is 1.17 bits per heavy atom. The zero-order valence-electron chi connectivity index (χ0n) is 16.2. The summed E-state index contributed by atoms with van der Waals surface area (Å²) >= 11 is 0. The fourth-order valence-corrected chi connectivity index (χ4v) is 4.57. The second-order valence-corrected chi connectivity index (χ2v) is 8.59. The highest BCUT2D eigenvalue weighted by molar-refractivity contribution is 7.89. The van der Waals surface area contributed by atoms with E-state index >= 15 is 0 Å². The van der Waals surface area contributed by atoms with E-state index in [2.05, 4.69) is 10.5 Å². The fraction of sp³-hybridized carbons (Fsp3) is 0.316. The number of nitro groups is 1. The van der Waals surface area contributed by atoms with Crippen LogP contribution in [0.15, 0.2) is 46.4 Å². The summed E-state index contributed by atoms with van der Waals surface area (Å²) in [6.07, 6.45) is 1.58. The Labute approximate surface area is 169 Å². The highest BCUT2D eigenvalue weighted by atomic mass is 32.2. The van der Waals surface area contributed by atoms with E-state index in [-0.39, 0.29) is 42.6 Å². The third-order valence-corrected chi connectivity index (χ3v) is 6.52. The maximum Gasteiger partial charge on any atom is 0.270 e. The van der Waals surface area contributed by atoms with Gasteiger partial charge in [0.2, 0.25) is 10.0 Å². The molecule has 154 valence electrons. The van der Waals surface area contributed by atoms with Crippen LogP contribution in [0.1, 0.15) is 16.7 Å². The normalized spacial score (nSPS) is 15.5. The van der Waals surface area contributed by atoms with Crippen molar-refractivity contribution >= 4 is 27.6 Å². The van der Waals surface area contributed by atoms with Crippen LogP contribution < -0.4 is 5.43 Å². The molecule has 1 aliphatic rings. The molecule has 0 spiro atoms. The highest BCUT2D eigenvalue weighted by Gasteiger charge is 2.30. The minimum Gasteiger partial charge on any atom is -0.379 e. The largest absolute Gasteiger partial charge is 0.379 e. The summed E-state index contributed by atoms with van der Waals surface area (Å²) in [6.45, 7) is 4.89. The molecule has 0 amide bonds. The molecule has 1 fully saturated rings. The first kappa shape index (κ1) is 20.9. The van der Waals surface area contributed by atoms with Gasteiger partial charge in [-0.2, -0.15) is 9.41 Å². The van der Waals surface area contributed by atoms with Crippen LogP contribution in [0.5, 0.6) is 0 Å². The molecule has 0 radical (unpaired) electrons. The molecule has 1 saturated heterocycles. The van der Waals surface area contributed by atoms with Gasteiger partial charge in [0, 0.05) is 25.2 Å². The summed E-state index contributed by atoms with van der Waals surface area (Å²) in [5.41, 5.74) is 5.62. The van der Waals surface area contributed by atoms with Gasteiger partial charge < -0.3 is 4.74 Å². The zero-order chi connectivity index (χ0) is 21.0. The maximum atomic E-state index is 13.1. The minimum absolute atomic E-state index is 0.170. The summed E-state index contributed by atoms with van der Waals surface area (Å²) in [4.78, 5) is 10.3. The molecule has 1 N–H and O–H groups in total. The molecule has 9 nitrogen and oxygen atoms in total. The van der Waals surface area contributed by atoms with Crippen LogP contribution in [0.3, 0.4) is 0 Å². The molecule has 1 heterocycles. The molecule has 0 atom stereocenters. The van der Waals surface area contributed by atoms with E-state index in [1.54, 1.807) is 6.21 Å². The lowest BCUT2D eigenvalue weighted by atomic mass is 10.1. The number of benzene rings is 2. The van der Waals surface area contributed by atoms with Crippen molar-refractivity contribution in [2.24, 2.45) is 5.10 Å². The molecule has 1 aliphatic heterocycles. The van der Waals surface area contributed by atoms with Gasteiger partial charge in [0.05, 0.1) is 30.0 Å². The molecule has 2 aromatic rings. The lowest BCUT2D eigenvalue weighted by Gasteiger charge is -2.26. The summed E-state index contributed by atoms with van der Waals surface area (Å²) < 4.78 is 32.6. The third-order valence-electron chi connectivity index (χ3n) is 4.58. The molecule has 0 aliphatic carbocycles. The van der Waals surface area contributed by atoms with Crippen molar-refractivity contribution in [2.45, 2.75) is 18.7 Å². The number of nitrogens with zero attached hydrogens (tertiary/aromatic N) is 3. The van der Waals surface area contributed by atoms with Crippen molar-refractivity contribution in [3.8, 4) is 0 Å². The van der Waals surface area contributed by atoms with Crippen LogP contribution >= 0.6 is 0 Å². The molecule has 3 rings (SSSR count). The predicted molar refractivity (Wildman–Crippen MR) is 110 cm³/mol. The lowest BCUT2D eigenvalue weighted by Crippen LogP contribution is -2.40. The second-order valence-electron chi connectivity index (χ2n) is 6.68. The smallest absolute Gasteiger partial charge is 0.270 e. The molecule has 0 bridgehead atoms. The Balaban J connectivity index is 1.93. The van der Waals surface area contributed by atoms with Gasteiger partial charge in [-0.15, -0.1) is 0 Å². The quantitative estimate of drug-likeness (QED) is 0.438. The standard InChI is InChI=1S/C19H22N4O5S/c1-14-3-4-16(15(2)11-14)13-20-21-18-6-5-17(23(24)25)12-19(18)29(26,27)22-7-9-28-10-8-22/h3-6,11-13,21H,7-10H2,1-2H3. The number of morpholine rings is 1. The van der Waals surface area contributed by atoms with Crippen molar-refractivity contribution in [3.63, 3.8) is 0 Å². The molecule has 2 aromatic carbocycles. The first-order valence-corrected chi connectivity index (χ1v) is 10.5. The summed E-state index contributed by atoms with van der Waals surface area (Å²) in [6, 6.07) is 9.53. The Morgan fingerprint density at radius 2 is 1.90 bits per heavy atom. The molecular weight excluding hydrogens is 396 g/mol. The van der Waals surface area contributed by atoms with E-state index in [9.17, 15) is 18.5 Å². The summed E-state index contributed by atoms with van der Waals surface area (Å²) in [5, 5.41) is 15.3. The van der Waals surface area contributed by atoms with Crippen LogP contribution in [-0.4, -0.2) is 50.2 Å². The van der Waals surface area contributed by atoms with Crippen LogP contribution in [0.2, 0.25) is 0 Å². The van der Waals surface area contributed by atoms with Crippen molar-refractivity contribution in [1.29, 1.82) is 0 Å². The van der Waals surface area contributed by atoms with Crippen molar-refractivity contribution in [2.75, 3.05) is 31.7 Å². The van der Waals surface area contributed by atoms with Crippen molar-refractivity contribution < 1.29 is 18.1 Å². The number of sulfonamides is 1. The Morgan fingerprint density at radius 3 is 2.55 bits per heavy atom. The first-order chi connectivity index (χ1) is 13.8. The number of aryl methyl sites for hydroxylation is 2. The van der Waals surface area contributed by atoms with Gasteiger partial charge in [0.15, 0.2) is 0 Å². The van der Waals surface area contributed by atoms with Crippen LogP contribution in [0.4, 0.5) is 11.4 Å². The maximum absolute atomic E-state index is 13.1. The average Bonchev–Trinajstić information content (AvgIpc) is 2.70. The van der Waals surface area contributed by atoms with Gasteiger partial charge in [-0.25, -0.2) is 8.42 Å². The number of hydrazone groups is 1. The van der Waals surface area contributed by atoms with Crippen molar-refractivity contribution in [3.05, 3.63) is 63.2 Å². The van der Waals surface area contributed by atoms with Crippen molar-refractivity contribution in [1.82, 2.24) is 4.31 Å². The zero-order valence-corrected chi connectivity index (χ0v) is 17.0. The van der Waals surface area contributed by atoms with Gasteiger partial charge in [-0.1, -0.05) is 23.8 Å². The number of rotatable bonds is 6.